The van der Waals surface area contributed by atoms with Crippen LogP contribution in [0.2, 0.25) is 0 Å². The van der Waals surface area contributed by atoms with Crippen molar-refractivity contribution in [3.63, 3.8) is 0 Å². The number of aromatic amines is 1. The van der Waals surface area contributed by atoms with Crippen molar-refractivity contribution < 1.29 is 28.7 Å². The average Bonchev–Trinajstić information content (AvgIpc) is 3.84. The monoisotopic (exact) mass is 696 g/mol. The van der Waals surface area contributed by atoms with Gasteiger partial charge in [0.25, 0.3) is 11.8 Å². The zero-order valence-electron chi connectivity index (χ0n) is 28.9. The number of fused-ring (bicyclic) bond motifs is 1. The Labute approximate surface area is 296 Å². The van der Waals surface area contributed by atoms with Gasteiger partial charge in [0.15, 0.2) is 5.82 Å². The van der Waals surface area contributed by atoms with Crippen molar-refractivity contribution in [2.75, 3.05) is 18.4 Å². The number of hydrogen-bond acceptors (Lipinski definition) is 9. The first-order chi connectivity index (χ1) is 24.6. The average molecular weight is 697 g/mol. The van der Waals surface area contributed by atoms with E-state index in [0.717, 1.165) is 62.1 Å². The molecule has 0 bridgehead atoms. The van der Waals surface area contributed by atoms with E-state index in [1.54, 1.807) is 17.2 Å². The van der Waals surface area contributed by atoms with Crippen LogP contribution in [0.15, 0.2) is 42.6 Å². The fraction of sp³-hybridized carbons (Fsp3) is 0.486. The molecule has 268 valence electrons. The highest BCUT2D eigenvalue weighted by atomic mass is 16.6. The Balaban J connectivity index is 0.866. The Morgan fingerprint density at radius 3 is 2.57 bits per heavy atom. The predicted molar refractivity (Wildman–Crippen MR) is 186 cm³/mol. The Bertz CT molecular complexity index is 1820. The van der Waals surface area contributed by atoms with Gasteiger partial charge in [0.2, 0.25) is 11.8 Å². The highest BCUT2D eigenvalue weighted by Gasteiger charge is 2.39. The number of imide groups is 1. The summed E-state index contributed by atoms with van der Waals surface area (Å²) in [5.74, 6) is -0.211. The predicted octanol–water partition coefficient (Wildman–Crippen LogP) is 3.97. The number of nitrogens with one attached hydrogen (secondary N) is 4. The van der Waals surface area contributed by atoms with Crippen LogP contribution in [0.5, 0.6) is 0 Å². The van der Waals surface area contributed by atoms with E-state index in [1.807, 2.05) is 38.1 Å². The molecule has 2 saturated heterocycles. The first kappa shape index (κ1) is 34.3. The second kappa shape index (κ2) is 14.6. The number of hydrogen-bond donors (Lipinski definition) is 4. The lowest BCUT2D eigenvalue weighted by atomic mass is 9.88. The molecule has 14 heteroatoms. The van der Waals surface area contributed by atoms with Crippen LogP contribution in [0.4, 0.5) is 10.6 Å². The lowest BCUT2D eigenvalue weighted by Crippen LogP contribution is -2.52. The van der Waals surface area contributed by atoms with Crippen LogP contribution in [-0.2, 0) is 27.4 Å². The number of anilines is 1. The van der Waals surface area contributed by atoms with E-state index < -0.39 is 18.0 Å². The van der Waals surface area contributed by atoms with E-state index in [9.17, 15) is 24.0 Å². The number of ether oxygens (including phenoxy) is 1. The number of piperidine rings is 2. The van der Waals surface area contributed by atoms with Crippen molar-refractivity contribution in [3.05, 3.63) is 76.2 Å². The van der Waals surface area contributed by atoms with Crippen molar-refractivity contribution in [2.45, 2.75) is 102 Å². The van der Waals surface area contributed by atoms with Gasteiger partial charge in [-0.05, 0) is 100 Å². The quantitative estimate of drug-likeness (QED) is 0.241. The van der Waals surface area contributed by atoms with Crippen molar-refractivity contribution in [3.8, 4) is 0 Å². The van der Waals surface area contributed by atoms with E-state index in [1.165, 1.54) is 5.56 Å². The Hall–Kier alpha value is -5.11. The van der Waals surface area contributed by atoms with Gasteiger partial charge in [-0.25, -0.2) is 4.79 Å². The lowest BCUT2D eigenvalue weighted by Gasteiger charge is -2.32. The summed E-state index contributed by atoms with van der Waals surface area (Å²) in [6, 6.07) is 10.9. The number of likely N-dealkylation sites (tertiary alicyclic amines) is 1. The molecule has 2 aromatic heterocycles. The number of carbonyl (C=O) groups is 5. The van der Waals surface area contributed by atoms with Crippen molar-refractivity contribution >= 4 is 35.5 Å². The summed E-state index contributed by atoms with van der Waals surface area (Å²) < 4.78 is 5.53. The number of benzene rings is 1. The number of rotatable bonds is 9. The van der Waals surface area contributed by atoms with Gasteiger partial charge in [0.1, 0.15) is 17.8 Å². The van der Waals surface area contributed by atoms with E-state index in [0.29, 0.717) is 42.4 Å². The summed E-state index contributed by atoms with van der Waals surface area (Å²) in [6.45, 7) is 6.71. The number of nitrogens with zero attached hydrogens (tertiary/aromatic N) is 4. The summed E-state index contributed by atoms with van der Waals surface area (Å²) >= 11 is 0. The number of aromatic nitrogens is 3. The number of alkyl carbamates (subject to hydrolysis) is 1. The molecular weight excluding hydrogens is 652 g/mol. The van der Waals surface area contributed by atoms with E-state index in [4.69, 9.17) is 4.74 Å². The molecule has 1 unspecified atom stereocenters. The topological polar surface area (TPSA) is 179 Å². The molecule has 3 aromatic rings. The van der Waals surface area contributed by atoms with Crippen LogP contribution in [-0.4, -0.2) is 86.0 Å². The third kappa shape index (κ3) is 7.80. The molecule has 1 saturated carbocycles. The molecule has 1 aromatic carbocycles. The van der Waals surface area contributed by atoms with E-state index >= 15 is 0 Å². The highest BCUT2D eigenvalue weighted by Crippen LogP contribution is 2.36. The molecule has 3 fully saturated rings. The molecule has 1 aliphatic carbocycles. The zero-order valence-corrected chi connectivity index (χ0v) is 28.9. The minimum atomic E-state index is -0.610. The maximum atomic E-state index is 13.1. The minimum Gasteiger partial charge on any atom is -0.446 e. The van der Waals surface area contributed by atoms with Gasteiger partial charge in [0.05, 0.1) is 0 Å². The van der Waals surface area contributed by atoms with Gasteiger partial charge in [-0.1, -0.05) is 18.2 Å². The van der Waals surface area contributed by atoms with Gasteiger partial charge in [-0.2, -0.15) is 5.10 Å². The van der Waals surface area contributed by atoms with Gasteiger partial charge in [0, 0.05) is 55.0 Å². The van der Waals surface area contributed by atoms with Gasteiger partial charge in [-0.15, -0.1) is 0 Å². The third-order valence-electron chi connectivity index (χ3n) is 10.4. The molecule has 3 aliphatic heterocycles. The summed E-state index contributed by atoms with van der Waals surface area (Å²) in [6.07, 6.45) is 6.09. The van der Waals surface area contributed by atoms with Crippen LogP contribution in [0.25, 0.3) is 0 Å². The zero-order chi connectivity index (χ0) is 35.6. The van der Waals surface area contributed by atoms with Gasteiger partial charge in [-0.3, -0.25) is 39.5 Å². The molecule has 14 nitrogen and oxygen atoms in total. The van der Waals surface area contributed by atoms with Crippen LogP contribution in [0, 0.1) is 0 Å². The molecule has 5 heterocycles. The number of H-pyrrole nitrogens is 1. The molecule has 0 radical (unpaired) electrons. The van der Waals surface area contributed by atoms with Gasteiger partial charge >= 0.3 is 6.09 Å². The minimum absolute atomic E-state index is 0.0200. The first-order valence-electron chi connectivity index (χ1n) is 17.9. The maximum absolute atomic E-state index is 13.1. The largest absolute Gasteiger partial charge is 0.446 e. The molecule has 7 rings (SSSR count). The summed E-state index contributed by atoms with van der Waals surface area (Å²) in [5, 5.41) is 15.2. The Morgan fingerprint density at radius 1 is 1.00 bits per heavy atom. The molecule has 0 spiro atoms. The molecule has 4 N–H and O–H groups in total. The second-order valence-electron chi connectivity index (χ2n) is 14.4. The van der Waals surface area contributed by atoms with Crippen molar-refractivity contribution in [1.82, 2.24) is 35.6 Å². The Morgan fingerprint density at radius 2 is 1.82 bits per heavy atom. The van der Waals surface area contributed by atoms with Crippen LogP contribution < -0.4 is 16.0 Å². The maximum Gasteiger partial charge on any atom is 0.407 e. The summed E-state index contributed by atoms with van der Waals surface area (Å²) in [7, 11) is 0. The van der Waals surface area contributed by atoms with Crippen LogP contribution in [0.1, 0.15) is 114 Å². The molecule has 4 aliphatic rings. The van der Waals surface area contributed by atoms with Gasteiger partial charge < -0.3 is 20.3 Å². The fourth-order valence-corrected chi connectivity index (χ4v) is 7.72. The first-order valence-corrected chi connectivity index (χ1v) is 17.9. The standard InChI is InChI=1S/C37H44N8O6/c1-21(2)39-37(50)51-27-6-4-25(16-27)30-17-32(43-42-30)40-34(47)29-8-3-22(18-38-29)19-44-13-11-23(12-14-44)24-5-7-28-26(15-24)20-45(36(28)49)31-9-10-33(46)41-35(31)48/h3,5,7-8,15,17-18,21,23,25,27,31H,4,6,9-14,16,19-20H2,1-2H3,(H,39,50)(H,41,46,48)(H2,40,42,43,47)/t25-,27+,31?/m0/s1. The van der Waals surface area contributed by atoms with E-state index in [-0.39, 0.29) is 42.2 Å². The second-order valence-corrected chi connectivity index (χ2v) is 14.4. The third-order valence-corrected chi connectivity index (χ3v) is 10.4. The molecule has 51 heavy (non-hydrogen) atoms. The van der Waals surface area contributed by atoms with Crippen LogP contribution in [0.3, 0.4) is 0 Å². The number of pyridine rings is 1. The number of amides is 5. The normalized spacial score (nSPS) is 22.6. The number of carbonyl (C=O) groups excluding carboxylic acids is 5. The molecular formula is C37H44N8O6. The summed E-state index contributed by atoms with van der Waals surface area (Å²) in [5.41, 5.74) is 5.01. The molecule has 3 atom stereocenters. The van der Waals surface area contributed by atoms with Crippen molar-refractivity contribution in [2.24, 2.45) is 0 Å². The smallest absolute Gasteiger partial charge is 0.407 e. The highest BCUT2D eigenvalue weighted by molar-refractivity contribution is 6.05. The Kier molecular flexibility index (Phi) is 9.85. The van der Waals surface area contributed by atoms with Crippen LogP contribution >= 0.6 is 0 Å². The summed E-state index contributed by atoms with van der Waals surface area (Å²) in [4.78, 5) is 70.4. The van der Waals surface area contributed by atoms with E-state index in [2.05, 4.69) is 42.1 Å². The molecule has 5 amide bonds. The fourth-order valence-electron chi connectivity index (χ4n) is 7.72. The SMILES string of the molecule is CC(C)NC(=O)O[C@@H]1CC[C@H](c2cc(NC(=O)c3ccc(CN4CCC(c5ccc6c(c5)CN(C5CCC(=O)NC5=O)C6=O)CC4)cn3)n[nH]2)C1. The lowest BCUT2D eigenvalue weighted by molar-refractivity contribution is -0.136. The van der Waals surface area contributed by atoms with Crippen molar-refractivity contribution in [1.29, 1.82) is 0 Å².